The van der Waals surface area contributed by atoms with Crippen molar-refractivity contribution in [2.45, 2.75) is 19.9 Å². The first kappa shape index (κ1) is 14.5. The summed E-state index contributed by atoms with van der Waals surface area (Å²) in [5.74, 6) is 0.258. The van der Waals surface area contributed by atoms with Crippen molar-refractivity contribution in [2.75, 3.05) is 20.2 Å². The van der Waals surface area contributed by atoms with Crippen LogP contribution < -0.4 is 4.74 Å². The summed E-state index contributed by atoms with van der Waals surface area (Å²) < 4.78 is 5.05. The average Bonchev–Trinajstić information content (AvgIpc) is 2.97. The van der Waals surface area contributed by atoms with Gasteiger partial charge in [0.15, 0.2) is 5.75 Å². The largest absolute Gasteiger partial charge is 0.490 e. The van der Waals surface area contributed by atoms with Crippen LogP contribution in [-0.4, -0.2) is 40.2 Å². The highest BCUT2D eigenvalue weighted by Crippen LogP contribution is 2.34. The smallest absolute Gasteiger partial charge is 0.311 e. The molecule has 0 atom stereocenters. The molecule has 0 unspecified atom stereocenters. The van der Waals surface area contributed by atoms with Crippen LogP contribution in [0.4, 0.5) is 5.69 Å². The Morgan fingerprint density at radius 2 is 2.32 bits per heavy atom. The number of nitrogens with one attached hydrogen (secondary N) is 1. The first-order valence-electron chi connectivity index (χ1n) is 7.25. The van der Waals surface area contributed by atoms with Gasteiger partial charge >= 0.3 is 5.69 Å². The van der Waals surface area contributed by atoms with Crippen LogP contribution in [0.5, 0.6) is 5.75 Å². The molecule has 0 aliphatic carbocycles. The lowest BCUT2D eigenvalue weighted by Gasteiger charge is -2.25. The van der Waals surface area contributed by atoms with Crippen molar-refractivity contribution >= 4 is 5.69 Å². The number of nitrogens with zero attached hydrogens (tertiary/aromatic N) is 3. The Morgan fingerprint density at radius 3 is 3.00 bits per heavy atom. The van der Waals surface area contributed by atoms with E-state index in [0.717, 1.165) is 48.6 Å². The number of likely N-dealkylation sites (N-methyl/N-ethyl adjacent to an activating group) is 1. The number of rotatable bonds is 4. The van der Waals surface area contributed by atoms with Crippen molar-refractivity contribution in [3.05, 3.63) is 39.6 Å². The first-order chi connectivity index (χ1) is 10.6. The molecule has 1 aliphatic heterocycles. The number of benzene rings is 1. The summed E-state index contributed by atoms with van der Waals surface area (Å²) in [4.78, 5) is 13.1. The van der Waals surface area contributed by atoms with Gasteiger partial charge in [-0.15, -0.1) is 0 Å². The molecule has 1 aliphatic rings. The van der Waals surface area contributed by atoms with Gasteiger partial charge in [-0.05, 0) is 18.7 Å². The van der Waals surface area contributed by atoms with E-state index >= 15 is 0 Å². The minimum atomic E-state index is -0.431. The second-order valence-corrected chi connectivity index (χ2v) is 5.29. The zero-order chi connectivity index (χ0) is 15.7. The Morgan fingerprint density at radius 1 is 1.50 bits per heavy atom. The quantitative estimate of drug-likeness (QED) is 0.692. The summed E-state index contributed by atoms with van der Waals surface area (Å²) in [5, 5.41) is 18.6. The molecule has 1 N–H and O–H groups in total. The van der Waals surface area contributed by atoms with E-state index in [4.69, 9.17) is 4.74 Å². The molecule has 7 nitrogen and oxygen atoms in total. The van der Waals surface area contributed by atoms with Gasteiger partial charge in [0.1, 0.15) is 0 Å². The number of hydrogen-bond donors (Lipinski definition) is 1. The second kappa shape index (κ2) is 5.76. The summed E-state index contributed by atoms with van der Waals surface area (Å²) in [7, 11) is 1.43. The number of H-pyrrole nitrogens is 1. The van der Waals surface area contributed by atoms with Crippen LogP contribution in [0.2, 0.25) is 0 Å². The van der Waals surface area contributed by atoms with Crippen LogP contribution in [0, 0.1) is 10.1 Å². The van der Waals surface area contributed by atoms with Crippen molar-refractivity contribution in [3.8, 4) is 17.0 Å². The Balaban J connectivity index is 2.04. The predicted octanol–water partition coefficient (Wildman–Crippen LogP) is 2.37. The van der Waals surface area contributed by atoms with Crippen LogP contribution in [0.25, 0.3) is 11.3 Å². The average molecular weight is 302 g/mol. The molecule has 2 aromatic rings. The molecule has 3 rings (SSSR count). The third-order valence-electron chi connectivity index (χ3n) is 4.11. The topological polar surface area (TPSA) is 84.3 Å². The van der Waals surface area contributed by atoms with E-state index in [-0.39, 0.29) is 11.4 Å². The number of aromatic amines is 1. The lowest BCUT2D eigenvalue weighted by molar-refractivity contribution is -0.385. The van der Waals surface area contributed by atoms with Gasteiger partial charge in [0, 0.05) is 42.4 Å². The summed E-state index contributed by atoms with van der Waals surface area (Å²) in [6, 6.07) is 4.96. The molecule has 0 bridgehead atoms. The number of methoxy groups -OCH3 is 1. The maximum atomic E-state index is 11.2. The van der Waals surface area contributed by atoms with E-state index in [1.807, 2.05) is 6.07 Å². The zero-order valence-corrected chi connectivity index (χ0v) is 12.6. The van der Waals surface area contributed by atoms with E-state index in [2.05, 4.69) is 22.0 Å². The molecule has 1 aromatic carbocycles. The summed E-state index contributed by atoms with van der Waals surface area (Å²) in [5.41, 5.74) is 3.74. The molecule has 1 aromatic heterocycles. The van der Waals surface area contributed by atoms with E-state index in [1.54, 1.807) is 6.07 Å². The maximum absolute atomic E-state index is 11.2. The number of nitro benzene ring substituents is 1. The molecular formula is C15H18N4O3. The van der Waals surface area contributed by atoms with Gasteiger partial charge in [0.05, 0.1) is 17.7 Å². The van der Waals surface area contributed by atoms with Gasteiger partial charge in [0.2, 0.25) is 0 Å². The van der Waals surface area contributed by atoms with E-state index in [1.165, 1.54) is 13.2 Å². The van der Waals surface area contributed by atoms with Gasteiger partial charge in [-0.2, -0.15) is 5.10 Å². The number of ether oxygens (including phenoxy) is 1. The summed E-state index contributed by atoms with van der Waals surface area (Å²) >= 11 is 0. The highest BCUT2D eigenvalue weighted by molar-refractivity contribution is 5.69. The fourth-order valence-corrected chi connectivity index (χ4v) is 2.84. The van der Waals surface area contributed by atoms with Gasteiger partial charge in [-0.25, -0.2) is 0 Å². The molecule has 0 radical (unpaired) electrons. The number of fused-ring (bicyclic) bond motifs is 1. The van der Waals surface area contributed by atoms with Crippen molar-refractivity contribution in [1.29, 1.82) is 0 Å². The number of nitro groups is 1. The molecule has 2 heterocycles. The fourth-order valence-electron chi connectivity index (χ4n) is 2.84. The Hall–Kier alpha value is -2.41. The van der Waals surface area contributed by atoms with E-state index < -0.39 is 4.92 Å². The standard InChI is InChI=1S/C15H18N4O3/c1-3-18-7-6-12-11(9-18)15(17-16-12)10-4-5-14(22-2)13(8-10)19(20)21/h4-5,8H,3,6-7,9H2,1-2H3,(H,16,17). The van der Waals surface area contributed by atoms with E-state index in [9.17, 15) is 10.1 Å². The molecule has 0 saturated carbocycles. The van der Waals surface area contributed by atoms with Gasteiger partial charge < -0.3 is 4.74 Å². The van der Waals surface area contributed by atoms with Gasteiger partial charge in [-0.1, -0.05) is 6.92 Å². The molecule has 116 valence electrons. The molecule has 0 fully saturated rings. The minimum absolute atomic E-state index is 0.0418. The molecule has 22 heavy (non-hydrogen) atoms. The first-order valence-corrected chi connectivity index (χ1v) is 7.25. The molecule has 0 spiro atoms. The van der Waals surface area contributed by atoms with Crippen LogP contribution in [0.15, 0.2) is 18.2 Å². The number of hydrogen-bond acceptors (Lipinski definition) is 5. The fraction of sp³-hybridized carbons (Fsp3) is 0.400. The second-order valence-electron chi connectivity index (χ2n) is 5.29. The van der Waals surface area contributed by atoms with Crippen LogP contribution in [-0.2, 0) is 13.0 Å². The van der Waals surface area contributed by atoms with Crippen molar-refractivity contribution in [1.82, 2.24) is 15.1 Å². The monoisotopic (exact) mass is 302 g/mol. The zero-order valence-electron chi connectivity index (χ0n) is 12.6. The van der Waals surface area contributed by atoms with Crippen molar-refractivity contribution < 1.29 is 9.66 Å². The summed E-state index contributed by atoms with van der Waals surface area (Å²) in [6.07, 6.45) is 0.925. The van der Waals surface area contributed by atoms with Gasteiger partial charge in [0.25, 0.3) is 0 Å². The number of aromatic nitrogens is 2. The summed E-state index contributed by atoms with van der Waals surface area (Å²) in [6.45, 7) is 4.93. The van der Waals surface area contributed by atoms with Crippen LogP contribution >= 0.6 is 0 Å². The lowest BCUT2D eigenvalue weighted by Crippen LogP contribution is -2.30. The normalized spacial score (nSPS) is 14.6. The van der Waals surface area contributed by atoms with Crippen molar-refractivity contribution in [3.63, 3.8) is 0 Å². The van der Waals surface area contributed by atoms with Gasteiger partial charge in [-0.3, -0.25) is 20.1 Å². The SMILES string of the molecule is CCN1CCc2[nH]nc(-c3ccc(OC)c([N+](=O)[O-])c3)c2C1. The molecular weight excluding hydrogens is 284 g/mol. The molecule has 7 heteroatoms. The maximum Gasteiger partial charge on any atom is 0.311 e. The van der Waals surface area contributed by atoms with Crippen molar-refractivity contribution in [2.24, 2.45) is 0 Å². The Labute approximate surface area is 128 Å². The predicted molar refractivity (Wildman–Crippen MR) is 81.9 cm³/mol. The molecule has 0 amide bonds. The third kappa shape index (κ3) is 2.43. The third-order valence-corrected chi connectivity index (χ3v) is 4.11. The highest BCUT2D eigenvalue weighted by Gasteiger charge is 2.24. The lowest BCUT2D eigenvalue weighted by atomic mass is 10.0. The molecule has 0 saturated heterocycles. The van der Waals surface area contributed by atoms with Crippen LogP contribution in [0.3, 0.4) is 0 Å². The minimum Gasteiger partial charge on any atom is -0.490 e. The Kier molecular flexibility index (Phi) is 3.81. The highest BCUT2D eigenvalue weighted by atomic mass is 16.6. The van der Waals surface area contributed by atoms with E-state index in [0.29, 0.717) is 0 Å². The van der Waals surface area contributed by atoms with Crippen LogP contribution in [0.1, 0.15) is 18.2 Å². The Bertz CT molecular complexity index is 711.